The number of piperidine rings is 1. The van der Waals surface area contributed by atoms with E-state index in [1.54, 1.807) is 0 Å². The summed E-state index contributed by atoms with van der Waals surface area (Å²) in [6.07, 6.45) is 6.27. The third-order valence-corrected chi connectivity index (χ3v) is 5.51. The van der Waals surface area contributed by atoms with Crippen molar-refractivity contribution in [1.82, 2.24) is 10.2 Å². The van der Waals surface area contributed by atoms with Gasteiger partial charge in [-0.05, 0) is 43.7 Å². The Morgan fingerprint density at radius 2 is 2.08 bits per heavy atom. The van der Waals surface area contributed by atoms with E-state index in [9.17, 15) is 0 Å². The lowest BCUT2D eigenvalue weighted by molar-refractivity contribution is -0.0721. The van der Waals surface area contributed by atoms with E-state index in [2.05, 4.69) is 15.2 Å². The number of benzene rings is 1. The van der Waals surface area contributed by atoms with Gasteiger partial charge in [0, 0.05) is 38.3 Å². The first-order valence-corrected chi connectivity index (χ1v) is 10.1. The molecule has 3 rings (SSSR count). The van der Waals surface area contributed by atoms with Crippen molar-refractivity contribution in [1.29, 1.82) is 0 Å². The van der Waals surface area contributed by atoms with Gasteiger partial charge in [-0.1, -0.05) is 29.8 Å². The molecule has 1 aromatic carbocycles. The van der Waals surface area contributed by atoms with Crippen LogP contribution in [0.2, 0.25) is 5.02 Å². The van der Waals surface area contributed by atoms with Crippen LogP contribution in [-0.4, -0.2) is 56.4 Å². The van der Waals surface area contributed by atoms with Crippen LogP contribution in [0.3, 0.4) is 0 Å². The predicted octanol–water partition coefficient (Wildman–Crippen LogP) is 3.47. The summed E-state index contributed by atoms with van der Waals surface area (Å²) in [6, 6.07) is 7.91. The van der Waals surface area contributed by atoms with E-state index in [1.165, 1.54) is 12.8 Å². The Hall–Kier alpha value is -1.30. The molecule has 2 fully saturated rings. The summed E-state index contributed by atoms with van der Waals surface area (Å²) in [5.41, 5.74) is 1.08. The Bertz CT molecular complexity index is 582. The first kappa shape index (κ1) is 19.5. The van der Waals surface area contributed by atoms with Crippen molar-refractivity contribution in [2.45, 2.75) is 50.9 Å². The van der Waals surface area contributed by atoms with Crippen LogP contribution in [0.15, 0.2) is 29.3 Å². The summed E-state index contributed by atoms with van der Waals surface area (Å²) >= 11 is 6.23. The molecule has 2 heterocycles. The summed E-state index contributed by atoms with van der Waals surface area (Å²) < 4.78 is 11.9. The second kappa shape index (κ2) is 10.1. The van der Waals surface area contributed by atoms with Crippen molar-refractivity contribution >= 4 is 17.6 Å². The van der Waals surface area contributed by atoms with Gasteiger partial charge < -0.3 is 19.7 Å². The minimum absolute atomic E-state index is 0.298. The van der Waals surface area contributed by atoms with Gasteiger partial charge in [-0.25, -0.2) is 0 Å². The van der Waals surface area contributed by atoms with Gasteiger partial charge in [0.2, 0.25) is 0 Å². The Morgan fingerprint density at radius 3 is 2.77 bits per heavy atom. The second-order valence-corrected chi connectivity index (χ2v) is 7.41. The average molecular weight is 380 g/mol. The lowest BCUT2D eigenvalue weighted by Crippen LogP contribution is -2.47. The van der Waals surface area contributed by atoms with Crippen molar-refractivity contribution in [2.24, 2.45) is 4.99 Å². The molecule has 26 heavy (non-hydrogen) atoms. The summed E-state index contributed by atoms with van der Waals surface area (Å²) in [7, 11) is 1.83. The van der Waals surface area contributed by atoms with Crippen molar-refractivity contribution in [3.05, 3.63) is 34.9 Å². The van der Waals surface area contributed by atoms with Gasteiger partial charge in [0.1, 0.15) is 0 Å². The van der Waals surface area contributed by atoms with Crippen LogP contribution >= 0.6 is 11.6 Å². The van der Waals surface area contributed by atoms with Gasteiger partial charge in [-0.15, -0.1) is 0 Å². The molecule has 2 aliphatic rings. The van der Waals surface area contributed by atoms with Gasteiger partial charge >= 0.3 is 0 Å². The van der Waals surface area contributed by atoms with Crippen LogP contribution in [0, 0.1) is 0 Å². The van der Waals surface area contributed by atoms with Crippen LogP contribution in [0.1, 0.15) is 37.7 Å². The SMILES string of the molecule is CN=C(NCc1ccccc1Cl)N1CCC(OCC2CCCCO2)CC1. The van der Waals surface area contributed by atoms with Crippen LogP contribution in [0.5, 0.6) is 0 Å². The van der Waals surface area contributed by atoms with Crippen molar-refractivity contribution < 1.29 is 9.47 Å². The molecule has 0 radical (unpaired) electrons. The maximum Gasteiger partial charge on any atom is 0.193 e. The number of aliphatic imine (C=N–C) groups is 1. The maximum atomic E-state index is 6.23. The van der Waals surface area contributed by atoms with Gasteiger partial charge in [-0.2, -0.15) is 0 Å². The lowest BCUT2D eigenvalue weighted by atomic mass is 10.1. The molecule has 5 nitrogen and oxygen atoms in total. The minimum Gasteiger partial charge on any atom is -0.376 e. The maximum absolute atomic E-state index is 6.23. The van der Waals surface area contributed by atoms with Crippen molar-refractivity contribution in [2.75, 3.05) is 33.4 Å². The summed E-state index contributed by atoms with van der Waals surface area (Å²) in [4.78, 5) is 6.73. The standard InChI is InChI=1S/C20H30ClN3O2/c1-22-20(23-14-16-6-2-3-8-19(16)21)24-11-9-17(10-12-24)26-15-18-7-4-5-13-25-18/h2-3,6,8,17-18H,4-5,7,9-15H2,1H3,(H,22,23). The molecule has 1 N–H and O–H groups in total. The minimum atomic E-state index is 0.298. The molecule has 2 saturated heterocycles. The molecular formula is C20H30ClN3O2. The topological polar surface area (TPSA) is 46.1 Å². The Kier molecular flexibility index (Phi) is 7.59. The first-order chi connectivity index (χ1) is 12.8. The number of nitrogens with one attached hydrogen (secondary N) is 1. The zero-order valence-corrected chi connectivity index (χ0v) is 16.4. The van der Waals surface area contributed by atoms with Crippen LogP contribution in [-0.2, 0) is 16.0 Å². The molecular weight excluding hydrogens is 350 g/mol. The number of hydrogen-bond donors (Lipinski definition) is 1. The third-order valence-electron chi connectivity index (χ3n) is 5.14. The predicted molar refractivity (Wildman–Crippen MR) is 106 cm³/mol. The highest BCUT2D eigenvalue weighted by atomic mass is 35.5. The van der Waals surface area contributed by atoms with Gasteiger partial charge in [0.05, 0.1) is 18.8 Å². The van der Waals surface area contributed by atoms with E-state index in [0.29, 0.717) is 18.8 Å². The second-order valence-electron chi connectivity index (χ2n) is 7.00. The third kappa shape index (κ3) is 5.60. The quantitative estimate of drug-likeness (QED) is 0.628. The summed E-state index contributed by atoms with van der Waals surface area (Å²) in [5.74, 6) is 0.930. The number of ether oxygens (including phenoxy) is 2. The highest BCUT2D eigenvalue weighted by molar-refractivity contribution is 6.31. The summed E-state index contributed by atoms with van der Waals surface area (Å²) in [5, 5.41) is 4.21. The fourth-order valence-electron chi connectivity index (χ4n) is 3.56. The monoisotopic (exact) mass is 379 g/mol. The van der Waals surface area contributed by atoms with E-state index < -0.39 is 0 Å². The molecule has 6 heteroatoms. The highest BCUT2D eigenvalue weighted by Gasteiger charge is 2.23. The number of halogens is 1. The molecule has 0 aliphatic carbocycles. The van der Waals surface area contributed by atoms with Crippen LogP contribution < -0.4 is 5.32 Å². The lowest BCUT2D eigenvalue weighted by Gasteiger charge is -2.35. The van der Waals surface area contributed by atoms with Gasteiger partial charge in [-0.3, -0.25) is 4.99 Å². The Labute approximate surface area is 161 Å². The number of likely N-dealkylation sites (tertiary alicyclic amines) is 1. The van der Waals surface area contributed by atoms with E-state index in [-0.39, 0.29) is 0 Å². The fraction of sp³-hybridized carbons (Fsp3) is 0.650. The number of rotatable bonds is 5. The molecule has 0 bridgehead atoms. The zero-order chi connectivity index (χ0) is 18.2. The van der Waals surface area contributed by atoms with Crippen LogP contribution in [0.25, 0.3) is 0 Å². The smallest absolute Gasteiger partial charge is 0.193 e. The normalized spacial score (nSPS) is 22.5. The van der Waals surface area contributed by atoms with E-state index >= 15 is 0 Å². The largest absolute Gasteiger partial charge is 0.376 e. The van der Waals surface area contributed by atoms with Gasteiger partial charge in [0.25, 0.3) is 0 Å². The fourth-order valence-corrected chi connectivity index (χ4v) is 3.77. The Morgan fingerprint density at radius 1 is 1.27 bits per heavy atom. The molecule has 0 spiro atoms. The van der Waals surface area contributed by atoms with Gasteiger partial charge in [0.15, 0.2) is 5.96 Å². The van der Waals surface area contributed by atoms with Crippen molar-refractivity contribution in [3.8, 4) is 0 Å². The highest BCUT2D eigenvalue weighted by Crippen LogP contribution is 2.18. The summed E-state index contributed by atoms with van der Waals surface area (Å²) in [6.45, 7) is 4.22. The Balaban J connectivity index is 1.40. The average Bonchev–Trinajstić information content (AvgIpc) is 2.70. The molecule has 1 unspecified atom stereocenters. The van der Waals surface area contributed by atoms with E-state index in [4.69, 9.17) is 21.1 Å². The molecule has 144 valence electrons. The zero-order valence-electron chi connectivity index (χ0n) is 15.6. The van der Waals surface area contributed by atoms with E-state index in [0.717, 1.165) is 62.1 Å². The molecule has 0 aromatic heterocycles. The number of nitrogens with zero attached hydrogens (tertiary/aromatic N) is 2. The molecule has 0 saturated carbocycles. The molecule has 1 atom stereocenters. The molecule has 2 aliphatic heterocycles. The number of guanidine groups is 1. The molecule has 0 amide bonds. The first-order valence-electron chi connectivity index (χ1n) is 9.68. The van der Waals surface area contributed by atoms with E-state index in [1.807, 2.05) is 31.3 Å². The number of hydrogen-bond acceptors (Lipinski definition) is 3. The van der Waals surface area contributed by atoms with Crippen molar-refractivity contribution in [3.63, 3.8) is 0 Å². The van der Waals surface area contributed by atoms with Crippen LogP contribution in [0.4, 0.5) is 0 Å². The molecule has 1 aromatic rings.